The topological polar surface area (TPSA) is 42.2 Å². The summed E-state index contributed by atoms with van der Waals surface area (Å²) in [4.78, 5) is 11.6. The Balaban J connectivity index is 1.87. The van der Waals surface area contributed by atoms with Crippen molar-refractivity contribution in [2.24, 2.45) is 0 Å². The summed E-state index contributed by atoms with van der Waals surface area (Å²) in [6, 6.07) is 10.8. The Labute approximate surface area is 104 Å². The number of halogens is 1. The van der Waals surface area contributed by atoms with Crippen molar-refractivity contribution in [3.63, 3.8) is 0 Å². The minimum atomic E-state index is -0.0745. The number of benzene rings is 1. The molecule has 0 aliphatic rings. The number of anilines is 1. The van der Waals surface area contributed by atoms with E-state index in [9.17, 15) is 4.79 Å². The third-order valence-corrected chi connectivity index (χ3v) is 2.66. The molecular formula is C13H12ClNO2. The maximum Gasteiger partial charge on any atom is 0.224 e. The van der Waals surface area contributed by atoms with E-state index in [0.29, 0.717) is 23.6 Å². The molecule has 0 aliphatic carbocycles. The van der Waals surface area contributed by atoms with Crippen molar-refractivity contribution in [3.8, 4) is 0 Å². The minimum absolute atomic E-state index is 0.0745. The third kappa shape index (κ3) is 3.36. The van der Waals surface area contributed by atoms with E-state index in [1.54, 1.807) is 24.5 Å². The molecule has 0 atom stereocenters. The molecular weight excluding hydrogens is 238 g/mol. The number of amides is 1. The molecule has 0 saturated heterocycles. The molecule has 0 aliphatic heterocycles. The second-order valence-corrected chi connectivity index (χ2v) is 4.01. The largest absolute Gasteiger partial charge is 0.469 e. The van der Waals surface area contributed by atoms with Gasteiger partial charge in [0.2, 0.25) is 5.91 Å². The second kappa shape index (κ2) is 5.55. The molecule has 0 unspecified atom stereocenters. The first-order valence-corrected chi connectivity index (χ1v) is 5.70. The summed E-state index contributed by atoms with van der Waals surface area (Å²) in [7, 11) is 0. The molecule has 1 amide bonds. The summed E-state index contributed by atoms with van der Waals surface area (Å²) in [5.74, 6) is 0.730. The highest BCUT2D eigenvalue weighted by Gasteiger charge is 2.06. The predicted molar refractivity (Wildman–Crippen MR) is 67.1 cm³/mol. The van der Waals surface area contributed by atoms with Crippen LogP contribution in [0.3, 0.4) is 0 Å². The molecule has 3 nitrogen and oxygen atoms in total. The van der Waals surface area contributed by atoms with Crippen molar-refractivity contribution >= 4 is 23.2 Å². The lowest BCUT2D eigenvalue weighted by Crippen LogP contribution is -2.12. The average molecular weight is 250 g/mol. The highest BCUT2D eigenvalue weighted by Crippen LogP contribution is 2.20. The molecule has 0 radical (unpaired) electrons. The van der Waals surface area contributed by atoms with E-state index in [1.807, 2.05) is 18.2 Å². The van der Waals surface area contributed by atoms with Gasteiger partial charge in [-0.15, -0.1) is 0 Å². The van der Waals surface area contributed by atoms with Gasteiger partial charge in [-0.3, -0.25) is 4.79 Å². The van der Waals surface area contributed by atoms with Crippen molar-refractivity contribution in [2.75, 3.05) is 5.32 Å². The van der Waals surface area contributed by atoms with Crippen molar-refractivity contribution in [1.82, 2.24) is 0 Å². The first kappa shape index (κ1) is 11.7. The van der Waals surface area contributed by atoms with Crippen LogP contribution in [0.1, 0.15) is 12.2 Å². The number of aryl methyl sites for hydroxylation is 1. The number of carbonyl (C=O) groups excluding carboxylic acids is 1. The highest BCUT2D eigenvalue weighted by molar-refractivity contribution is 6.33. The fourth-order valence-electron chi connectivity index (χ4n) is 1.47. The number of nitrogens with one attached hydrogen (secondary N) is 1. The van der Waals surface area contributed by atoms with E-state index in [-0.39, 0.29) is 5.91 Å². The fourth-order valence-corrected chi connectivity index (χ4v) is 1.65. The number of hydrogen-bond acceptors (Lipinski definition) is 2. The van der Waals surface area contributed by atoms with E-state index < -0.39 is 0 Å². The minimum Gasteiger partial charge on any atom is -0.469 e. The summed E-state index contributed by atoms with van der Waals surface area (Å²) < 4.78 is 5.15. The lowest BCUT2D eigenvalue weighted by molar-refractivity contribution is -0.116. The summed E-state index contributed by atoms with van der Waals surface area (Å²) in [6.45, 7) is 0. The summed E-state index contributed by atoms with van der Waals surface area (Å²) >= 11 is 5.93. The van der Waals surface area contributed by atoms with Gasteiger partial charge in [-0.25, -0.2) is 0 Å². The Morgan fingerprint density at radius 1 is 1.24 bits per heavy atom. The zero-order valence-electron chi connectivity index (χ0n) is 9.15. The molecule has 0 fully saturated rings. The van der Waals surface area contributed by atoms with Crippen molar-refractivity contribution < 1.29 is 9.21 Å². The molecule has 17 heavy (non-hydrogen) atoms. The van der Waals surface area contributed by atoms with Gasteiger partial charge in [-0.1, -0.05) is 23.7 Å². The highest BCUT2D eigenvalue weighted by atomic mass is 35.5. The van der Waals surface area contributed by atoms with Gasteiger partial charge in [-0.05, 0) is 24.3 Å². The monoisotopic (exact) mass is 249 g/mol. The Kier molecular flexibility index (Phi) is 3.83. The Morgan fingerprint density at radius 2 is 2.06 bits per heavy atom. The van der Waals surface area contributed by atoms with Gasteiger partial charge in [0.1, 0.15) is 5.76 Å². The van der Waals surface area contributed by atoms with Gasteiger partial charge in [0.05, 0.1) is 17.0 Å². The first-order valence-electron chi connectivity index (χ1n) is 5.32. The molecule has 1 N–H and O–H groups in total. The van der Waals surface area contributed by atoms with Gasteiger partial charge in [0.15, 0.2) is 0 Å². The van der Waals surface area contributed by atoms with E-state index >= 15 is 0 Å². The van der Waals surface area contributed by atoms with E-state index in [2.05, 4.69) is 5.32 Å². The van der Waals surface area contributed by atoms with Crippen LogP contribution >= 0.6 is 11.6 Å². The first-order chi connectivity index (χ1) is 8.25. The number of para-hydroxylation sites is 1. The van der Waals surface area contributed by atoms with Crippen molar-refractivity contribution in [2.45, 2.75) is 12.8 Å². The molecule has 1 aromatic carbocycles. The lowest BCUT2D eigenvalue weighted by atomic mass is 10.2. The summed E-state index contributed by atoms with van der Waals surface area (Å²) in [6.07, 6.45) is 2.56. The van der Waals surface area contributed by atoms with Gasteiger partial charge in [0, 0.05) is 12.8 Å². The number of carbonyl (C=O) groups is 1. The molecule has 1 heterocycles. The zero-order chi connectivity index (χ0) is 12.1. The normalized spacial score (nSPS) is 10.2. The molecule has 2 rings (SSSR count). The molecule has 0 bridgehead atoms. The van der Waals surface area contributed by atoms with Gasteiger partial charge < -0.3 is 9.73 Å². The molecule has 0 spiro atoms. The van der Waals surface area contributed by atoms with Crippen LogP contribution in [0.4, 0.5) is 5.69 Å². The average Bonchev–Trinajstić information content (AvgIpc) is 2.82. The summed E-state index contributed by atoms with van der Waals surface area (Å²) in [5, 5.41) is 3.30. The molecule has 0 saturated carbocycles. The molecule has 2 aromatic rings. The van der Waals surface area contributed by atoms with Crippen LogP contribution in [0, 0.1) is 0 Å². The van der Waals surface area contributed by atoms with Crippen molar-refractivity contribution in [1.29, 1.82) is 0 Å². The Hall–Kier alpha value is -1.74. The fraction of sp³-hybridized carbons (Fsp3) is 0.154. The van der Waals surface area contributed by atoms with E-state index in [1.165, 1.54) is 0 Å². The van der Waals surface area contributed by atoms with Gasteiger partial charge >= 0.3 is 0 Å². The van der Waals surface area contributed by atoms with E-state index in [0.717, 1.165) is 5.76 Å². The van der Waals surface area contributed by atoms with Crippen LogP contribution in [0.25, 0.3) is 0 Å². The molecule has 88 valence electrons. The van der Waals surface area contributed by atoms with Crippen LogP contribution in [0.5, 0.6) is 0 Å². The standard InChI is InChI=1S/C13H12ClNO2/c14-11-5-1-2-6-12(11)15-13(16)8-7-10-4-3-9-17-10/h1-6,9H,7-8H2,(H,15,16). The third-order valence-electron chi connectivity index (χ3n) is 2.33. The zero-order valence-corrected chi connectivity index (χ0v) is 9.91. The number of rotatable bonds is 4. The smallest absolute Gasteiger partial charge is 0.224 e. The second-order valence-electron chi connectivity index (χ2n) is 3.61. The molecule has 4 heteroatoms. The maximum absolute atomic E-state index is 11.6. The number of hydrogen-bond donors (Lipinski definition) is 1. The van der Waals surface area contributed by atoms with E-state index in [4.69, 9.17) is 16.0 Å². The Morgan fingerprint density at radius 3 is 2.76 bits per heavy atom. The van der Waals surface area contributed by atoms with Gasteiger partial charge in [0.25, 0.3) is 0 Å². The van der Waals surface area contributed by atoms with Crippen molar-refractivity contribution in [3.05, 3.63) is 53.4 Å². The SMILES string of the molecule is O=C(CCc1ccco1)Nc1ccccc1Cl. The van der Waals surface area contributed by atoms with Crippen LogP contribution in [0.2, 0.25) is 5.02 Å². The van der Waals surface area contributed by atoms with Crippen LogP contribution in [-0.4, -0.2) is 5.91 Å². The van der Waals surface area contributed by atoms with Crippen LogP contribution in [-0.2, 0) is 11.2 Å². The molecule has 1 aromatic heterocycles. The number of furan rings is 1. The quantitative estimate of drug-likeness (QED) is 0.901. The van der Waals surface area contributed by atoms with Gasteiger partial charge in [-0.2, -0.15) is 0 Å². The maximum atomic E-state index is 11.6. The summed E-state index contributed by atoms with van der Waals surface area (Å²) in [5.41, 5.74) is 0.638. The predicted octanol–water partition coefficient (Wildman–Crippen LogP) is 3.50. The van der Waals surface area contributed by atoms with Crippen LogP contribution in [0.15, 0.2) is 47.1 Å². The lowest BCUT2D eigenvalue weighted by Gasteiger charge is -2.05. The van der Waals surface area contributed by atoms with Crippen LogP contribution < -0.4 is 5.32 Å². The Bertz CT molecular complexity index is 494.